The van der Waals surface area contributed by atoms with Crippen LogP contribution < -0.4 is 5.32 Å². The molecule has 1 heterocycles. The predicted octanol–water partition coefficient (Wildman–Crippen LogP) is 1.18. The predicted molar refractivity (Wildman–Crippen MR) is 76.1 cm³/mol. The smallest absolute Gasteiger partial charge is 0.313 e. The lowest BCUT2D eigenvalue weighted by Gasteiger charge is -2.26. The van der Waals surface area contributed by atoms with E-state index < -0.39 is 0 Å². The molecule has 2 fully saturated rings. The highest BCUT2D eigenvalue weighted by molar-refractivity contribution is 5.80. The number of ether oxygens (including phenoxy) is 1. The molecule has 1 saturated heterocycles. The SMILES string of the molecule is COC(=O)[C@@]12CCC[C@H]1CN(CC(=O)NC(C)(C)C)C2. The highest BCUT2D eigenvalue weighted by Gasteiger charge is 2.55. The zero-order valence-corrected chi connectivity index (χ0v) is 13.0. The molecule has 1 amide bonds. The molecule has 0 bridgehead atoms. The quantitative estimate of drug-likeness (QED) is 0.790. The van der Waals surface area contributed by atoms with Crippen LogP contribution in [0.4, 0.5) is 0 Å². The molecule has 0 aromatic carbocycles. The molecule has 1 aliphatic carbocycles. The molecule has 2 atom stereocenters. The Morgan fingerprint density at radius 2 is 2.10 bits per heavy atom. The molecule has 5 nitrogen and oxygen atoms in total. The van der Waals surface area contributed by atoms with Gasteiger partial charge in [0.05, 0.1) is 19.1 Å². The van der Waals surface area contributed by atoms with Crippen molar-refractivity contribution in [1.29, 1.82) is 0 Å². The van der Waals surface area contributed by atoms with Gasteiger partial charge in [0.2, 0.25) is 5.91 Å². The summed E-state index contributed by atoms with van der Waals surface area (Å²) in [5.41, 5.74) is -0.580. The van der Waals surface area contributed by atoms with Gasteiger partial charge < -0.3 is 10.1 Å². The number of nitrogens with one attached hydrogen (secondary N) is 1. The minimum atomic E-state index is -0.364. The maximum absolute atomic E-state index is 12.1. The summed E-state index contributed by atoms with van der Waals surface area (Å²) in [6, 6.07) is 0. The second-order valence-corrected chi connectivity index (χ2v) is 7.20. The van der Waals surface area contributed by atoms with Crippen LogP contribution in [0.25, 0.3) is 0 Å². The molecular formula is C15H26N2O3. The van der Waals surface area contributed by atoms with E-state index in [4.69, 9.17) is 4.74 Å². The summed E-state index contributed by atoms with van der Waals surface area (Å²) in [6.45, 7) is 7.76. The lowest BCUT2D eigenvalue weighted by Crippen LogP contribution is -2.46. The zero-order valence-electron chi connectivity index (χ0n) is 13.0. The van der Waals surface area contributed by atoms with E-state index in [0.29, 0.717) is 19.0 Å². The van der Waals surface area contributed by atoms with Gasteiger partial charge in [-0.15, -0.1) is 0 Å². The van der Waals surface area contributed by atoms with Crippen LogP contribution in [-0.2, 0) is 14.3 Å². The van der Waals surface area contributed by atoms with Gasteiger partial charge in [0, 0.05) is 18.6 Å². The number of carbonyl (C=O) groups excluding carboxylic acids is 2. The summed E-state index contributed by atoms with van der Waals surface area (Å²) in [6.07, 6.45) is 3.04. The molecule has 5 heteroatoms. The fourth-order valence-corrected chi connectivity index (χ4v) is 3.71. The number of nitrogens with zero attached hydrogens (tertiary/aromatic N) is 1. The fraction of sp³-hybridized carbons (Fsp3) is 0.867. The van der Waals surface area contributed by atoms with Gasteiger partial charge in [0.15, 0.2) is 0 Å². The van der Waals surface area contributed by atoms with Crippen molar-refractivity contribution in [2.24, 2.45) is 11.3 Å². The maximum Gasteiger partial charge on any atom is 0.313 e. The third kappa shape index (κ3) is 2.97. The Balaban J connectivity index is 1.98. The van der Waals surface area contributed by atoms with Crippen molar-refractivity contribution in [3.05, 3.63) is 0 Å². The average Bonchev–Trinajstić information content (AvgIpc) is 2.82. The van der Waals surface area contributed by atoms with Crippen molar-refractivity contribution >= 4 is 11.9 Å². The average molecular weight is 282 g/mol. The topological polar surface area (TPSA) is 58.6 Å². The molecule has 1 saturated carbocycles. The van der Waals surface area contributed by atoms with Crippen LogP contribution in [0, 0.1) is 11.3 Å². The van der Waals surface area contributed by atoms with E-state index in [1.807, 2.05) is 20.8 Å². The van der Waals surface area contributed by atoms with E-state index in [0.717, 1.165) is 25.8 Å². The van der Waals surface area contributed by atoms with Gasteiger partial charge in [-0.3, -0.25) is 14.5 Å². The molecule has 114 valence electrons. The first-order chi connectivity index (χ1) is 9.27. The van der Waals surface area contributed by atoms with Gasteiger partial charge in [-0.25, -0.2) is 0 Å². The summed E-state index contributed by atoms with van der Waals surface area (Å²) < 4.78 is 5.01. The monoisotopic (exact) mass is 282 g/mol. The minimum absolute atomic E-state index is 0.0255. The number of likely N-dealkylation sites (tertiary alicyclic amines) is 1. The fourth-order valence-electron chi connectivity index (χ4n) is 3.71. The molecule has 0 aromatic rings. The Kier molecular flexibility index (Phi) is 4.09. The van der Waals surface area contributed by atoms with Gasteiger partial charge in [-0.05, 0) is 39.5 Å². The van der Waals surface area contributed by atoms with Gasteiger partial charge in [0.25, 0.3) is 0 Å². The van der Waals surface area contributed by atoms with Crippen molar-refractivity contribution < 1.29 is 14.3 Å². The first kappa shape index (κ1) is 15.3. The van der Waals surface area contributed by atoms with E-state index in [1.54, 1.807) is 0 Å². The van der Waals surface area contributed by atoms with E-state index in [-0.39, 0.29) is 22.8 Å². The van der Waals surface area contributed by atoms with Gasteiger partial charge in [-0.2, -0.15) is 0 Å². The highest BCUT2D eigenvalue weighted by atomic mass is 16.5. The Hall–Kier alpha value is -1.10. The van der Waals surface area contributed by atoms with Crippen LogP contribution in [0.5, 0.6) is 0 Å². The van der Waals surface area contributed by atoms with Crippen LogP contribution in [0.15, 0.2) is 0 Å². The Morgan fingerprint density at radius 1 is 1.40 bits per heavy atom. The number of fused-ring (bicyclic) bond motifs is 1. The van der Waals surface area contributed by atoms with Crippen molar-refractivity contribution in [2.45, 2.75) is 45.6 Å². The lowest BCUT2D eigenvalue weighted by molar-refractivity contribution is -0.153. The first-order valence-corrected chi connectivity index (χ1v) is 7.39. The number of hydrogen-bond donors (Lipinski definition) is 1. The molecule has 0 spiro atoms. The normalized spacial score (nSPS) is 30.1. The number of carbonyl (C=O) groups is 2. The van der Waals surface area contributed by atoms with Gasteiger partial charge in [0.1, 0.15) is 0 Å². The van der Waals surface area contributed by atoms with Crippen molar-refractivity contribution in [1.82, 2.24) is 10.2 Å². The summed E-state index contributed by atoms with van der Waals surface area (Å²) in [5, 5.41) is 2.97. The lowest BCUT2D eigenvalue weighted by atomic mass is 9.81. The van der Waals surface area contributed by atoms with Crippen molar-refractivity contribution in [2.75, 3.05) is 26.7 Å². The van der Waals surface area contributed by atoms with Gasteiger partial charge in [-0.1, -0.05) is 6.42 Å². The molecule has 1 N–H and O–H groups in total. The van der Waals surface area contributed by atoms with Gasteiger partial charge >= 0.3 is 5.97 Å². The standard InChI is InChI=1S/C15H26N2O3/c1-14(2,3)16-12(18)9-17-8-11-6-5-7-15(11,10-17)13(19)20-4/h11H,5-10H2,1-4H3,(H,16,18)/t11-,15+/m0/s1. The largest absolute Gasteiger partial charge is 0.469 e. The van der Waals surface area contributed by atoms with Crippen LogP contribution in [0.2, 0.25) is 0 Å². The minimum Gasteiger partial charge on any atom is -0.469 e. The molecule has 0 unspecified atom stereocenters. The third-order valence-corrected chi connectivity index (χ3v) is 4.41. The molecule has 0 aromatic heterocycles. The summed E-state index contributed by atoms with van der Waals surface area (Å²) in [7, 11) is 1.46. The van der Waals surface area contributed by atoms with E-state index in [9.17, 15) is 9.59 Å². The molecule has 20 heavy (non-hydrogen) atoms. The van der Waals surface area contributed by atoms with E-state index >= 15 is 0 Å². The number of amides is 1. The summed E-state index contributed by atoms with van der Waals surface area (Å²) >= 11 is 0. The Labute approximate surface area is 121 Å². The van der Waals surface area contributed by atoms with Crippen LogP contribution in [0.3, 0.4) is 0 Å². The first-order valence-electron chi connectivity index (χ1n) is 7.39. The molecule has 2 aliphatic rings. The second-order valence-electron chi connectivity index (χ2n) is 7.20. The number of esters is 1. The summed E-state index contributed by atoms with van der Waals surface area (Å²) in [5.74, 6) is 0.272. The van der Waals surface area contributed by atoms with Crippen LogP contribution in [-0.4, -0.2) is 49.1 Å². The van der Waals surface area contributed by atoms with Crippen LogP contribution in [0.1, 0.15) is 40.0 Å². The number of methoxy groups -OCH3 is 1. The number of hydrogen-bond acceptors (Lipinski definition) is 4. The van der Waals surface area contributed by atoms with Crippen molar-refractivity contribution in [3.63, 3.8) is 0 Å². The summed E-state index contributed by atoms with van der Waals surface area (Å²) in [4.78, 5) is 26.2. The van der Waals surface area contributed by atoms with E-state index in [2.05, 4.69) is 10.2 Å². The second kappa shape index (κ2) is 5.35. The zero-order chi connectivity index (χ0) is 15.0. The number of rotatable bonds is 3. The molecule has 0 radical (unpaired) electrons. The molecular weight excluding hydrogens is 256 g/mol. The Bertz CT molecular complexity index is 402. The third-order valence-electron chi connectivity index (χ3n) is 4.41. The molecule has 1 aliphatic heterocycles. The van der Waals surface area contributed by atoms with E-state index in [1.165, 1.54) is 7.11 Å². The maximum atomic E-state index is 12.1. The Morgan fingerprint density at radius 3 is 2.70 bits per heavy atom. The highest BCUT2D eigenvalue weighted by Crippen LogP contribution is 2.49. The molecule has 2 rings (SSSR count). The van der Waals surface area contributed by atoms with Crippen LogP contribution >= 0.6 is 0 Å². The van der Waals surface area contributed by atoms with Crippen molar-refractivity contribution in [3.8, 4) is 0 Å².